The van der Waals surface area contributed by atoms with E-state index >= 15 is 0 Å². The number of hydrogen-bond acceptors (Lipinski definition) is 6. The minimum absolute atomic E-state index is 0.0154. The predicted molar refractivity (Wildman–Crippen MR) is 90.5 cm³/mol. The van der Waals surface area contributed by atoms with Crippen LogP contribution in [0.25, 0.3) is 0 Å². The highest BCUT2D eigenvalue weighted by atomic mass is 16.6. The van der Waals surface area contributed by atoms with E-state index < -0.39 is 24.1 Å². The van der Waals surface area contributed by atoms with E-state index in [2.05, 4.69) is 10.1 Å². The number of nitrogens with one attached hydrogen (secondary N) is 1. The maximum atomic E-state index is 11.9. The molecule has 7 nitrogen and oxygen atoms in total. The van der Waals surface area contributed by atoms with Crippen LogP contribution in [0.15, 0.2) is 42.5 Å². The van der Waals surface area contributed by atoms with Crippen molar-refractivity contribution >= 4 is 18.0 Å². The average molecular weight is 349 g/mol. The lowest BCUT2D eigenvalue weighted by Gasteiger charge is -2.21. The van der Waals surface area contributed by atoms with Gasteiger partial charge in [-0.3, -0.25) is 0 Å². The summed E-state index contributed by atoms with van der Waals surface area (Å²) in [7, 11) is 1.21. The van der Waals surface area contributed by atoms with Gasteiger partial charge in [0, 0.05) is 12.2 Å². The van der Waals surface area contributed by atoms with Crippen LogP contribution >= 0.6 is 0 Å². The monoisotopic (exact) mass is 349 g/mol. The molecule has 1 aromatic carbocycles. The zero-order valence-corrected chi connectivity index (χ0v) is 14.6. The van der Waals surface area contributed by atoms with Crippen LogP contribution in [0, 0.1) is 5.92 Å². The maximum absolute atomic E-state index is 11.9. The number of benzene rings is 1. The van der Waals surface area contributed by atoms with Crippen LogP contribution in [-0.2, 0) is 30.4 Å². The van der Waals surface area contributed by atoms with Gasteiger partial charge in [0.15, 0.2) is 0 Å². The van der Waals surface area contributed by atoms with Crippen molar-refractivity contribution < 1.29 is 28.6 Å². The first-order valence-electron chi connectivity index (χ1n) is 7.82. The van der Waals surface area contributed by atoms with Gasteiger partial charge in [0.05, 0.1) is 13.2 Å². The van der Waals surface area contributed by atoms with Gasteiger partial charge in [0.25, 0.3) is 0 Å². The van der Waals surface area contributed by atoms with Crippen molar-refractivity contribution in [1.82, 2.24) is 5.32 Å². The molecule has 1 N–H and O–H groups in total. The van der Waals surface area contributed by atoms with Crippen molar-refractivity contribution in [2.24, 2.45) is 5.92 Å². The molecule has 136 valence electrons. The van der Waals surface area contributed by atoms with Gasteiger partial charge in [-0.15, -0.1) is 0 Å². The Balaban J connectivity index is 2.42. The lowest BCUT2D eigenvalue weighted by Crippen LogP contribution is -2.42. The van der Waals surface area contributed by atoms with Gasteiger partial charge in [0.1, 0.15) is 13.2 Å². The van der Waals surface area contributed by atoms with Crippen molar-refractivity contribution in [1.29, 1.82) is 0 Å². The molecule has 0 unspecified atom stereocenters. The van der Waals surface area contributed by atoms with Crippen LogP contribution in [0.5, 0.6) is 0 Å². The fourth-order valence-corrected chi connectivity index (χ4v) is 1.74. The van der Waals surface area contributed by atoms with Gasteiger partial charge in [-0.1, -0.05) is 44.2 Å². The first kappa shape index (κ1) is 20.2. The first-order valence-corrected chi connectivity index (χ1v) is 7.82. The third-order valence-corrected chi connectivity index (χ3v) is 3.28. The SMILES string of the molecule is COC(=O)/C=C/C(=O)OC[C@H](NC(=O)OCc1ccccc1)C(C)C. The summed E-state index contributed by atoms with van der Waals surface area (Å²) in [4.78, 5) is 34.3. The highest BCUT2D eigenvalue weighted by Crippen LogP contribution is 2.05. The molecule has 0 bridgehead atoms. The summed E-state index contributed by atoms with van der Waals surface area (Å²) in [5, 5.41) is 2.66. The fraction of sp³-hybridized carbons (Fsp3) is 0.389. The smallest absolute Gasteiger partial charge is 0.407 e. The Morgan fingerprint density at radius 1 is 1.04 bits per heavy atom. The molecule has 0 aliphatic carbocycles. The number of carbonyl (C=O) groups excluding carboxylic acids is 3. The molecule has 1 rings (SSSR count). The molecule has 7 heteroatoms. The van der Waals surface area contributed by atoms with E-state index in [1.54, 1.807) is 0 Å². The fourth-order valence-electron chi connectivity index (χ4n) is 1.74. The Kier molecular flexibility index (Phi) is 8.78. The topological polar surface area (TPSA) is 90.9 Å². The van der Waals surface area contributed by atoms with E-state index in [-0.39, 0.29) is 19.1 Å². The number of hydrogen-bond donors (Lipinski definition) is 1. The van der Waals surface area contributed by atoms with Crippen molar-refractivity contribution in [2.75, 3.05) is 13.7 Å². The first-order chi connectivity index (χ1) is 11.9. The van der Waals surface area contributed by atoms with E-state index in [1.807, 2.05) is 44.2 Å². The maximum Gasteiger partial charge on any atom is 0.407 e. The quantitative estimate of drug-likeness (QED) is 0.440. The molecule has 1 aromatic rings. The largest absolute Gasteiger partial charge is 0.466 e. The number of carbonyl (C=O) groups is 3. The summed E-state index contributed by atoms with van der Waals surface area (Å²) in [5.41, 5.74) is 0.873. The standard InChI is InChI=1S/C18H23NO6/c1-13(2)15(12-24-17(21)10-9-16(20)23-3)19-18(22)25-11-14-7-5-4-6-8-14/h4-10,13,15H,11-12H2,1-3H3,(H,19,22)/b10-9+/t15-/m0/s1. The van der Waals surface area contributed by atoms with E-state index in [9.17, 15) is 14.4 Å². The van der Waals surface area contributed by atoms with Crippen LogP contribution in [0.4, 0.5) is 4.79 Å². The van der Waals surface area contributed by atoms with Crippen LogP contribution in [0.1, 0.15) is 19.4 Å². The van der Waals surface area contributed by atoms with Crippen molar-refractivity contribution in [3.05, 3.63) is 48.0 Å². The number of ether oxygens (including phenoxy) is 3. The summed E-state index contributed by atoms with van der Waals surface area (Å²) in [6.07, 6.45) is 1.34. The van der Waals surface area contributed by atoms with Crippen LogP contribution < -0.4 is 5.32 Å². The number of alkyl carbamates (subject to hydrolysis) is 1. The molecular formula is C18H23NO6. The van der Waals surface area contributed by atoms with Gasteiger partial charge in [0.2, 0.25) is 0 Å². The molecule has 25 heavy (non-hydrogen) atoms. The molecule has 1 amide bonds. The second-order valence-corrected chi connectivity index (χ2v) is 5.54. The van der Waals surface area contributed by atoms with Crippen molar-refractivity contribution in [3.63, 3.8) is 0 Å². The predicted octanol–water partition coefficient (Wildman–Crippen LogP) is 2.21. The third kappa shape index (κ3) is 8.55. The Bertz CT molecular complexity index is 597. The Morgan fingerprint density at radius 3 is 2.28 bits per heavy atom. The molecule has 0 spiro atoms. The second kappa shape index (κ2) is 10.9. The number of rotatable bonds is 8. The summed E-state index contributed by atoms with van der Waals surface area (Å²) in [6.45, 7) is 3.86. The van der Waals surface area contributed by atoms with Gasteiger partial charge in [-0.25, -0.2) is 14.4 Å². The summed E-state index contributed by atoms with van der Waals surface area (Å²) in [5.74, 6) is -1.34. The molecule has 1 atom stereocenters. The molecule has 0 fully saturated rings. The Hall–Kier alpha value is -2.83. The minimum atomic E-state index is -0.699. The Labute approximate surface area is 146 Å². The number of methoxy groups -OCH3 is 1. The molecule has 0 aliphatic heterocycles. The molecular weight excluding hydrogens is 326 g/mol. The van der Waals surface area contributed by atoms with Gasteiger partial charge in [-0.05, 0) is 11.5 Å². The van der Waals surface area contributed by atoms with Crippen LogP contribution in [-0.4, -0.2) is 37.8 Å². The Morgan fingerprint density at radius 2 is 1.68 bits per heavy atom. The molecule has 0 saturated carbocycles. The zero-order valence-electron chi connectivity index (χ0n) is 14.6. The summed E-state index contributed by atoms with van der Waals surface area (Å²) < 4.78 is 14.5. The third-order valence-electron chi connectivity index (χ3n) is 3.28. The second-order valence-electron chi connectivity index (χ2n) is 5.54. The average Bonchev–Trinajstić information content (AvgIpc) is 2.61. The normalized spacial score (nSPS) is 11.8. The lowest BCUT2D eigenvalue weighted by atomic mass is 10.1. The zero-order chi connectivity index (χ0) is 18.7. The van der Waals surface area contributed by atoms with Crippen LogP contribution in [0.3, 0.4) is 0 Å². The molecule has 0 heterocycles. The van der Waals surface area contributed by atoms with E-state index in [0.29, 0.717) is 0 Å². The minimum Gasteiger partial charge on any atom is -0.466 e. The lowest BCUT2D eigenvalue weighted by molar-refractivity contribution is -0.140. The van der Waals surface area contributed by atoms with Crippen LogP contribution in [0.2, 0.25) is 0 Å². The summed E-state index contributed by atoms with van der Waals surface area (Å²) >= 11 is 0. The van der Waals surface area contributed by atoms with Gasteiger partial charge in [-0.2, -0.15) is 0 Å². The van der Waals surface area contributed by atoms with E-state index in [0.717, 1.165) is 17.7 Å². The van der Waals surface area contributed by atoms with Gasteiger partial charge >= 0.3 is 18.0 Å². The van der Waals surface area contributed by atoms with Crippen molar-refractivity contribution in [2.45, 2.75) is 26.5 Å². The van der Waals surface area contributed by atoms with Gasteiger partial charge < -0.3 is 19.5 Å². The van der Waals surface area contributed by atoms with E-state index in [1.165, 1.54) is 7.11 Å². The molecule has 0 saturated heterocycles. The highest BCUT2D eigenvalue weighted by molar-refractivity contribution is 5.91. The van der Waals surface area contributed by atoms with E-state index in [4.69, 9.17) is 9.47 Å². The molecule has 0 aromatic heterocycles. The number of amides is 1. The summed E-state index contributed by atoms with van der Waals surface area (Å²) in [6, 6.07) is 8.87. The number of esters is 2. The highest BCUT2D eigenvalue weighted by Gasteiger charge is 2.18. The molecule has 0 radical (unpaired) electrons. The van der Waals surface area contributed by atoms with Crippen molar-refractivity contribution in [3.8, 4) is 0 Å². The molecule has 0 aliphatic rings.